The molecule has 0 fully saturated rings. The fraction of sp³-hybridized carbons (Fsp3) is 0. The summed E-state index contributed by atoms with van der Waals surface area (Å²) in [6.07, 6.45) is 3.41. The van der Waals surface area contributed by atoms with Crippen molar-refractivity contribution >= 4 is 22.8 Å². The summed E-state index contributed by atoms with van der Waals surface area (Å²) < 4.78 is 22.8. The Labute approximate surface area is 176 Å². The first-order chi connectivity index (χ1) is 15.2. The van der Waals surface area contributed by atoms with Crippen molar-refractivity contribution in [2.75, 3.05) is 5.73 Å². The Kier molecular flexibility index (Phi) is 3.70. The monoisotopic (exact) mass is 409 g/mol. The third kappa shape index (κ3) is 2.71. The van der Waals surface area contributed by atoms with Crippen LogP contribution < -0.4 is 5.73 Å². The van der Waals surface area contributed by atoms with E-state index < -0.39 is 0 Å². The van der Waals surface area contributed by atoms with Gasteiger partial charge in [-0.15, -0.1) is 0 Å². The van der Waals surface area contributed by atoms with Crippen LogP contribution in [0.4, 0.5) is 10.3 Å². The van der Waals surface area contributed by atoms with Crippen LogP contribution in [0.2, 0.25) is 0 Å². The molecule has 3 aromatic heterocycles. The summed E-state index contributed by atoms with van der Waals surface area (Å²) in [5.41, 5.74) is 12.1. The fourth-order valence-electron chi connectivity index (χ4n) is 3.96. The molecule has 3 heterocycles. The van der Waals surface area contributed by atoms with Gasteiger partial charge >= 0.3 is 5.84 Å². The van der Waals surface area contributed by atoms with Gasteiger partial charge in [0.05, 0.1) is 16.7 Å². The predicted molar refractivity (Wildman–Crippen MR) is 117 cm³/mol. The summed E-state index contributed by atoms with van der Waals surface area (Å²) in [7, 11) is 0. The molecular weight excluding hydrogens is 393 g/mol. The van der Waals surface area contributed by atoms with E-state index in [0.717, 1.165) is 33.5 Å². The second kappa shape index (κ2) is 6.56. The smallest absolute Gasteiger partial charge is 0.306 e. The molecule has 6 rings (SSSR count). The standard InChI is InChI=1S/C24H16FN5O/c25-17-9-6-15(7-10-17)21-22(29-12-13-31-24(29)28-21)16-8-11-19-20(14-16)30(23(26)27-19)18-4-2-1-3-5-18/h1-14H,(H2,26,27). The number of nitrogen functional groups attached to an aromatic ring is 1. The largest absolute Gasteiger partial charge is 0.432 e. The van der Waals surface area contributed by atoms with Crippen LogP contribution >= 0.6 is 0 Å². The van der Waals surface area contributed by atoms with Crippen LogP contribution in [-0.4, -0.2) is 18.9 Å². The van der Waals surface area contributed by atoms with E-state index in [1.165, 1.54) is 12.1 Å². The van der Waals surface area contributed by atoms with Crippen LogP contribution in [0.1, 0.15) is 0 Å². The lowest BCUT2D eigenvalue weighted by Crippen LogP contribution is -2.00. The minimum atomic E-state index is -0.295. The van der Waals surface area contributed by atoms with Crippen LogP contribution in [0.25, 0.3) is 45.1 Å². The first-order valence-electron chi connectivity index (χ1n) is 9.74. The summed E-state index contributed by atoms with van der Waals surface area (Å²) in [5, 5.41) is 0. The molecule has 0 saturated heterocycles. The van der Waals surface area contributed by atoms with E-state index in [1.54, 1.807) is 18.4 Å². The molecule has 2 N–H and O–H groups in total. The van der Waals surface area contributed by atoms with Gasteiger partial charge in [0.2, 0.25) is 5.95 Å². The highest BCUT2D eigenvalue weighted by atomic mass is 19.1. The number of halogens is 1. The van der Waals surface area contributed by atoms with Crippen LogP contribution in [0.5, 0.6) is 0 Å². The molecule has 0 unspecified atom stereocenters. The number of aromatic nitrogens is 4. The number of para-hydroxylation sites is 1. The van der Waals surface area contributed by atoms with Crippen molar-refractivity contribution in [3.8, 4) is 28.2 Å². The first kappa shape index (κ1) is 17.5. The highest BCUT2D eigenvalue weighted by Crippen LogP contribution is 2.35. The second-order valence-electron chi connectivity index (χ2n) is 7.22. The van der Waals surface area contributed by atoms with Crippen molar-refractivity contribution in [1.82, 2.24) is 18.9 Å². The zero-order chi connectivity index (χ0) is 20.9. The van der Waals surface area contributed by atoms with Gasteiger partial charge in [-0.25, -0.2) is 9.37 Å². The van der Waals surface area contributed by atoms with E-state index in [1.807, 2.05) is 63.7 Å². The molecular formula is C24H16FN5O. The molecule has 31 heavy (non-hydrogen) atoms. The van der Waals surface area contributed by atoms with E-state index in [4.69, 9.17) is 10.2 Å². The summed E-state index contributed by atoms with van der Waals surface area (Å²) in [6, 6.07) is 22.1. The Bertz CT molecular complexity index is 1540. The number of fused-ring (bicyclic) bond motifs is 2. The quantitative estimate of drug-likeness (QED) is 0.429. The van der Waals surface area contributed by atoms with Gasteiger partial charge in [0.15, 0.2) is 0 Å². The van der Waals surface area contributed by atoms with Crippen molar-refractivity contribution < 1.29 is 8.81 Å². The first-order valence-corrected chi connectivity index (χ1v) is 9.74. The maximum atomic E-state index is 13.5. The third-order valence-electron chi connectivity index (χ3n) is 5.35. The van der Waals surface area contributed by atoms with Gasteiger partial charge in [0.25, 0.3) is 0 Å². The third-order valence-corrected chi connectivity index (χ3v) is 5.35. The van der Waals surface area contributed by atoms with Gasteiger partial charge in [-0.2, -0.15) is 4.98 Å². The Morgan fingerprint density at radius 2 is 1.65 bits per heavy atom. The van der Waals surface area contributed by atoms with Gasteiger partial charge in [-0.3, -0.25) is 8.97 Å². The number of nitrogens with two attached hydrogens (primary N) is 1. The molecule has 6 aromatic rings. The Balaban J connectivity index is 1.62. The van der Waals surface area contributed by atoms with Crippen LogP contribution in [0.15, 0.2) is 89.7 Å². The number of hydrogen-bond donors (Lipinski definition) is 1. The lowest BCUT2D eigenvalue weighted by molar-refractivity contribution is 0.596. The number of rotatable bonds is 3. The fourth-order valence-corrected chi connectivity index (χ4v) is 3.96. The number of imidazole rings is 2. The summed E-state index contributed by atoms with van der Waals surface area (Å²) in [5.74, 6) is 0.584. The highest BCUT2D eigenvalue weighted by Gasteiger charge is 2.19. The predicted octanol–water partition coefficient (Wildman–Crippen LogP) is 5.32. The zero-order valence-electron chi connectivity index (χ0n) is 16.2. The number of oxazole rings is 1. The molecule has 0 aliphatic heterocycles. The van der Waals surface area contributed by atoms with Gasteiger partial charge in [-0.1, -0.05) is 24.3 Å². The normalized spacial score (nSPS) is 11.5. The van der Waals surface area contributed by atoms with Gasteiger partial charge in [-0.05, 0) is 48.5 Å². The van der Waals surface area contributed by atoms with Crippen molar-refractivity contribution in [3.05, 3.63) is 91.1 Å². The topological polar surface area (TPSA) is 74.3 Å². The number of benzene rings is 3. The SMILES string of the molecule is Nc1nc2ccc(-c3c(-c4ccc(F)cc4)nc4occn34)cc2n1-c1ccccc1. The maximum Gasteiger partial charge on any atom is 0.306 e. The lowest BCUT2D eigenvalue weighted by Gasteiger charge is -2.08. The maximum absolute atomic E-state index is 13.5. The van der Waals surface area contributed by atoms with E-state index in [-0.39, 0.29) is 5.82 Å². The summed E-state index contributed by atoms with van der Waals surface area (Å²) in [6.45, 7) is 0. The molecule has 0 atom stereocenters. The van der Waals surface area contributed by atoms with Crippen molar-refractivity contribution in [2.24, 2.45) is 0 Å². The van der Waals surface area contributed by atoms with Crippen molar-refractivity contribution in [3.63, 3.8) is 0 Å². The minimum absolute atomic E-state index is 0.295. The van der Waals surface area contributed by atoms with E-state index in [0.29, 0.717) is 17.5 Å². The highest BCUT2D eigenvalue weighted by molar-refractivity contribution is 5.89. The average Bonchev–Trinajstić information content (AvgIpc) is 3.46. The van der Waals surface area contributed by atoms with Crippen molar-refractivity contribution in [2.45, 2.75) is 0 Å². The molecule has 0 amide bonds. The zero-order valence-corrected chi connectivity index (χ0v) is 16.2. The average molecular weight is 409 g/mol. The van der Waals surface area contributed by atoms with Gasteiger partial charge < -0.3 is 10.2 Å². The summed E-state index contributed by atoms with van der Waals surface area (Å²) >= 11 is 0. The molecule has 0 spiro atoms. The molecule has 150 valence electrons. The molecule has 7 heteroatoms. The Hall–Kier alpha value is -4.39. The van der Waals surface area contributed by atoms with E-state index in [9.17, 15) is 4.39 Å². The van der Waals surface area contributed by atoms with E-state index in [2.05, 4.69) is 9.97 Å². The molecule has 0 aliphatic rings. The second-order valence-corrected chi connectivity index (χ2v) is 7.22. The van der Waals surface area contributed by atoms with Gasteiger partial charge in [0.1, 0.15) is 17.8 Å². The molecule has 3 aromatic carbocycles. The number of anilines is 1. The minimum Gasteiger partial charge on any atom is -0.432 e. The number of hydrogen-bond acceptors (Lipinski definition) is 4. The number of nitrogens with zero attached hydrogens (tertiary/aromatic N) is 4. The van der Waals surface area contributed by atoms with Gasteiger partial charge in [0, 0.05) is 23.0 Å². The summed E-state index contributed by atoms with van der Waals surface area (Å²) in [4.78, 5) is 9.15. The Morgan fingerprint density at radius 3 is 2.45 bits per heavy atom. The van der Waals surface area contributed by atoms with Crippen LogP contribution in [0, 0.1) is 5.82 Å². The molecule has 0 bridgehead atoms. The molecule has 0 radical (unpaired) electrons. The van der Waals surface area contributed by atoms with Crippen LogP contribution in [0.3, 0.4) is 0 Å². The molecule has 6 nitrogen and oxygen atoms in total. The van der Waals surface area contributed by atoms with E-state index >= 15 is 0 Å². The lowest BCUT2D eigenvalue weighted by atomic mass is 10.0. The van der Waals surface area contributed by atoms with Crippen molar-refractivity contribution in [1.29, 1.82) is 0 Å². The molecule has 0 saturated carbocycles. The molecule has 0 aliphatic carbocycles. The van der Waals surface area contributed by atoms with Crippen LogP contribution in [-0.2, 0) is 0 Å². The Morgan fingerprint density at radius 1 is 0.871 bits per heavy atom.